The second-order valence-electron chi connectivity index (χ2n) is 18.6. The Bertz CT molecular complexity index is 2950. The van der Waals surface area contributed by atoms with E-state index in [1.807, 2.05) is 85.7 Å². The molecule has 14 nitrogen and oxygen atoms in total. The highest BCUT2D eigenvalue weighted by Gasteiger charge is 2.29. The summed E-state index contributed by atoms with van der Waals surface area (Å²) < 4.78 is 7.74. The minimum atomic E-state index is -1.07. The monoisotopic (exact) mass is 1000 g/mol. The number of aryl methyl sites for hydroxylation is 4. The van der Waals surface area contributed by atoms with E-state index >= 15 is 0 Å². The standard InChI is InChI=1S/C28H32ClN3O4.C27H30ClN3O4/c1-17(2)11-24(32-10-9-18(3)12-25(32)33)28(35)31-23(14-26(34)36-5)20-13-21(16-30-15-20)27-19(4)7-6-8-22(27)29;1-16(2)10-23(31-9-8-17(3)11-24(31)32)27(35)30-22(13-25(33)34)19-12-20(15-29-14-19)26-18(4)6-5-7-21(26)28/h6-10,12-13,15-17,23-24H,11,14H2,1-5H3,(H,31,35);5-9,11-12,14-16,22-23H,10,13H2,1-4H3,(H,30,35)(H,33,34)/t23-,24?;22-,23?/m00/s1. The van der Waals surface area contributed by atoms with Crippen LogP contribution in [0.25, 0.3) is 22.3 Å². The Morgan fingerprint density at radius 3 is 1.38 bits per heavy atom. The topological polar surface area (TPSA) is 192 Å². The average Bonchev–Trinajstić information content (AvgIpc) is 3.30. The number of carbonyl (C=O) groups is 4. The molecule has 0 bridgehead atoms. The maximum atomic E-state index is 13.6. The molecule has 0 fully saturated rings. The Kier molecular flexibility index (Phi) is 19.6. The van der Waals surface area contributed by atoms with Crippen molar-refractivity contribution in [3.63, 3.8) is 0 Å². The molecule has 71 heavy (non-hydrogen) atoms. The van der Waals surface area contributed by atoms with Crippen molar-refractivity contribution in [2.75, 3.05) is 7.11 Å². The number of aromatic nitrogens is 4. The Labute approximate surface area is 424 Å². The molecule has 6 rings (SSSR count). The van der Waals surface area contributed by atoms with Gasteiger partial charge in [-0.25, -0.2) is 0 Å². The molecule has 0 aliphatic heterocycles. The van der Waals surface area contributed by atoms with E-state index in [9.17, 15) is 33.9 Å². The molecule has 6 aromatic rings. The smallest absolute Gasteiger partial charge is 0.307 e. The molecule has 3 N–H and O–H groups in total. The summed E-state index contributed by atoms with van der Waals surface area (Å²) in [6, 6.07) is 18.4. The Morgan fingerprint density at radius 1 is 0.620 bits per heavy atom. The Hall–Kier alpha value is -6.90. The fraction of sp³-hybridized carbons (Fsp3) is 0.345. The van der Waals surface area contributed by atoms with Crippen molar-refractivity contribution in [3.05, 3.63) is 174 Å². The van der Waals surface area contributed by atoms with Crippen LogP contribution >= 0.6 is 23.2 Å². The Morgan fingerprint density at radius 2 is 1.03 bits per heavy atom. The molecule has 0 spiro atoms. The number of nitrogens with zero attached hydrogens (tertiary/aromatic N) is 4. The van der Waals surface area contributed by atoms with E-state index in [-0.39, 0.29) is 41.7 Å². The van der Waals surface area contributed by atoms with Crippen LogP contribution in [0.5, 0.6) is 0 Å². The van der Waals surface area contributed by atoms with Crippen LogP contribution in [-0.2, 0) is 23.9 Å². The van der Waals surface area contributed by atoms with Gasteiger partial charge in [0.2, 0.25) is 11.8 Å². The molecule has 0 saturated carbocycles. The molecule has 16 heteroatoms. The number of carbonyl (C=O) groups excluding carboxylic acids is 3. The third-order valence-electron chi connectivity index (χ3n) is 11.8. The molecule has 0 radical (unpaired) electrons. The van der Waals surface area contributed by atoms with Gasteiger partial charge in [-0.2, -0.15) is 0 Å². The second-order valence-corrected chi connectivity index (χ2v) is 19.4. The van der Waals surface area contributed by atoms with Gasteiger partial charge in [-0.1, -0.05) is 75.2 Å². The number of esters is 1. The van der Waals surface area contributed by atoms with Gasteiger partial charge in [0.1, 0.15) is 12.1 Å². The number of carboxylic acids is 1. The maximum Gasteiger partial charge on any atom is 0.307 e. The molecule has 0 aliphatic rings. The zero-order valence-corrected chi connectivity index (χ0v) is 43.0. The van der Waals surface area contributed by atoms with Crippen LogP contribution < -0.4 is 21.8 Å². The predicted octanol–water partition coefficient (Wildman–Crippen LogP) is 10.3. The first-order chi connectivity index (χ1) is 33.7. The highest BCUT2D eigenvalue weighted by atomic mass is 35.5. The van der Waals surface area contributed by atoms with E-state index in [2.05, 4.69) is 20.6 Å². The zero-order valence-electron chi connectivity index (χ0n) is 41.5. The highest BCUT2D eigenvalue weighted by Crippen LogP contribution is 2.34. The number of benzene rings is 2. The molecule has 2 aromatic carbocycles. The van der Waals surface area contributed by atoms with E-state index in [0.29, 0.717) is 34.0 Å². The second kappa shape index (κ2) is 25.3. The fourth-order valence-electron chi connectivity index (χ4n) is 8.31. The SMILES string of the molecule is COC(=O)C[C@H](NC(=O)C(CC(C)C)n1ccc(C)cc1=O)c1cncc(-c2c(C)cccc2Cl)c1.Cc1ccn(C(CC(C)C)C(=O)N[C@@H](CC(=O)O)c2cncc(-c3c(C)cccc3Cl)c2)c(=O)c1. The predicted molar refractivity (Wildman–Crippen MR) is 277 cm³/mol. The van der Waals surface area contributed by atoms with Crippen LogP contribution in [0.4, 0.5) is 0 Å². The molecule has 0 saturated heterocycles. The number of aliphatic carboxylic acids is 1. The number of ether oxygens (including phenoxy) is 1. The molecule has 2 amide bonds. The largest absolute Gasteiger partial charge is 0.481 e. The van der Waals surface area contributed by atoms with Crippen LogP contribution in [0.15, 0.2) is 120 Å². The molecule has 4 heterocycles. The summed E-state index contributed by atoms with van der Waals surface area (Å²) in [6.45, 7) is 15.4. The van der Waals surface area contributed by atoms with Crippen LogP contribution in [0.2, 0.25) is 10.0 Å². The van der Waals surface area contributed by atoms with Gasteiger partial charge < -0.3 is 29.6 Å². The molecular weight excluding hydrogens is 944 g/mol. The van der Waals surface area contributed by atoms with Gasteiger partial charge in [-0.3, -0.25) is 38.7 Å². The van der Waals surface area contributed by atoms with Gasteiger partial charge in [-0.05, 0) is 122 Å². The fourth-order valence-corrected chi connectivity index (χ4v) is 8.97. The number of methoxy groups -OCH3 is 1. The lowest BCUT2D eigenvalue weighted by molar-refractivity contribution is -0.142. The van der Waals surface area contributed by atoms with E-state index < -0.39 is 42.0 Å². The van der Waals surface area contributed by atoms with Crippen molar-refractivity contribution in [2.45, 2.75) is 105 Å². The molecule has 2 unspecified atom stereocenters. The average molecular weight is 1010 g/mol. The van der Waals surface area contributed by atoms with Crippen LogP contribution in [0, 0.1) is 39.5 Å². The summed E-state index contributed by atoms with van der Waals surface area (Å²) in [6.07, 6.45) is 10.2. The van der Waals surface area contributed by atoms with Crippen molar-refractivity contribution in [2.24, 2.45) is 11.8 Å². The van der Waals surface area contributed by atoms with Gasteiger partial charge in [0.25, 0.3) is 11.1 Å². The van der Waals surface area contributed by atoms with Gasteiger partial charge in [0.05, 0.1) is 32.0 Å². The van der Waals surface area contributed by atoms with Crippen molar-refractivity contribution < 1.29 is 29.0 Å². The van der Waals surface area contributed by atoms with Crippen LogP contribution in [0.3, 0.4) is 0 Å². The zero-order chi connectivity index (χ0) is 52.1. The van der Waals surface area contributed by atoms with Crippen LogP contribution in [-0.4, -0.2) is 55.1 Å². The maximum absolute atomic E-state index is 13.6. The number of carboxylic acid groups (broad SMARTS) is 1. The molecular formula is C55H62Cl2N6O8. The summed E-state index contributed by atoms with van der Waals surface area (Å²) in [5.74, 6) is -2.04. The number of amides is 2. The number of pyridine rings is 4. The Balaban J connectivity index is 0.000000264. The molecule has 4 atom stereocenters. The minimum absolute atomic E-state index is 0.0912. The highest BCUT2D eigenvalue weighted by molar-refractivity contribution is 6.34. The first-order valence-electron chi connectivity index (χ1n) is 23.3. The minimum Gasteiger partial charge on any atom is -0.481 e. The lowest BCUT2D eigenvalue weighted by Gasteiger charge is -2.25. The number of hydrogen-bond donors (Lipinski definition) is 3. The summed E-state index contributed by atoms with van der Waals surface area (Å²) in [5.41, 5.74) is 7.32. The first kappa shape index (κ1) is 55.0. The van der Waals surface area contributed by atoms with Gasteiger partial charge in [0.15, 0.2) is 0 Å². The van der Waals surface area contributed by atoms with Gasteiger partial charge in [0, 0.05) is 81.6 Å². The van der Waals surface area contributed by atoms with Gasteiger partial charge in [-0.15, -0.1) is 0 Å². The van der Waals surface area contributed by atoms with Crippen LogP contribution in [0.1, 0.15) is 111 Å². The van der Waals surface area contributed by atoms with Crippen molar-refractivity contribution in [3.8, 4) is 22.3 Å². The summed E-state index contributed by atoms with van der Waals surface area (Å²) in [4.78, 5) is 85.0. The van der Waals surface area contributed by atoms with Crippen molar-refractivity contribution in [1.82, 2.24) is 29.7 Å². The first-order valence-corrected chi connectivity index (χ1v) is 24.1. The van der Waals surface area contributed by atoms with E-state index in [1.54, 1.807) is 67.5 Å². The van der Waals surface area contributed by atoms with Crippen molar-refractivity contribution in [1.29, 1.82) is 0 Å². The quantitative estimate of drug-likeness (QED) is 0.0698. The number of rotatable bonds is 18. The third kappa shape index (κ3) is 15.1. The summed E-state index contributed by atoms with van der Waals surface area (Å²) in [7, 11) is 1.30. The van der Waals surface area contributed by atoms with Crippen molar-refractivity contribution >= 4 is 47.0 Å². The summed E-state index contributed by atoms with van der Waals surface area (Å²) in [5, 5.41) is 16.5. The normalized spacial score (nSPS) is 12.8. The van der Waals surface area contributed by atoms with Gasteiger partial charge >= 0.3 is 11.9 Å². The van der Waals surface area contributed by atoms with E-state index in [1.165, 1.54) is 28.4 Å². The molecule has 0 aliphatic carbocycles. The number of hydrogen-bond acceptors (Lipinski definition) is 9. The lowest BCUT2D eigenvalue weighted by Crippen LogP contribution is -2.40. The third-order valence-corrected chi connectivity index (χ3v) is 12.5. The van der Waals surface area contributed by atoms with E-state index in [4.69, 9.17) is 27.9 Å². The summed E-state index contributed by atoms with van der Waals surface area (Å²) >= 11 is 12.9. The number of halogens is 2. The number of nitrogens with one attached hydrogen (secondary N) is 2. The lowest BCUT2D eigenvalue weighted by atomic mass is 9.97. The molecule has 374 valence electrons. The van der Waals surface area contributed by atoms with E-state index in [0.717, 1.165) is 44.5 Å². The molecule has 4 aromatic heterocycles.